The first-order valence-electron chi connectivity index (χ1n) is 7.96. The first-order chi connectivity index (χ1) is 12.5. The Bertz CT molecular complexity index is 841. The average molecular weight is 379 g/mol. The zero-order chi connectivity index (χ0) is 19.0. The van der Waals surface area contributed by atoms with E-state index < -0.39 is 10.0 Å². The van der Waals surface area contributed by atoms with Gasteiger partial charge in [-0.2, -0.15) is 0 Å². The van der Waals surface area contributed by atoms with E-state index in [2.05, 4.69) is 15.0 Å². The molecule has 1 aromatic heterocycles. The van der Waals surface area contributed by atoms with Crippen LogP contribution < -0.4 is 19.5 Å². The van der Waals surface area contributed by atoms with Crippen LogP contribution in [0.3, 0.4) is 0 Å². The van der Waals surface area contributed by atoms with Crippen molar-refractivity contribution in [2.75, 3.05) is 25.6 Å². The summed E-state index contributed by atoms with van der Waals surface area (Å²) in [4.78, 5) is 15.8. The Kier molecular flexibility index (Phi) is 6.93. The maximum atomic E-state index is 12.0. The van der Waals surface area contributed by atoms with Crippen molar-refractivity contribution in [1.82, 2.24) is 9.71 Å². The van der Waals surface area contributed by atoms with E-state index in [1.54, 1.807) is 18.2 Å². The summed E-state index contributed by atoms with van der Waals surface area (Å²) in [7, 11) is -2.17. The molecule has 0 bridgehead atoms. The van der Waals surface area contributed by atoms with Crippen LogP contribution in [0.15, 0.2) is 47.6 Å². The number of carbonyl (C=O) groups is 1. The number of hydrogen-bond acceptors (Lipinski definition) is 6. The number of carbonyl (C=O) groups excluding carboxylic acids is 1. The fourth-order valence-corrected chi connectivity index (χ4v) is 3.13. The molecule has 0 saturated carbocycles. The fraction of sp³-hybridized carbons (Fsp3) is 0.294. The van der Waals surface area contributed by atoms with Gasteiger partial charge >= 0.3 is 0 Å². The SMILES string of the molecule is CCOc1ccc(NC(=O)CCNS(=O)(=O)c2cccnc2)cc1OC. The maximum Gasteiger partial charge on any atom is 0.242 e. The van der Waals surface area contributed by atoms with Gasteiger partial charge in [-0.05, 0) is 31.2 Å². The van der Waals surface area contributed by atoms with Crippen molar-refractivity contribution in [2.24, 2.45) is 0 Å². The second-order valence-corrected chi connectivity index (χ2v) is 6.95. The topological polar surface area (TPSA) is 107 Å². The standard InChI is InChI=1S/C17H21N3O5S/c1-3-25-15-7-6-13(11-16(15)24-2)20-17(21)8-10-19-26(22,23)14-5-4-9-18-12-14/h4-7,9,11-12,19H,3,8,10H2,1-2H3,(H,20,21). The number of aromatic nitrogens is 1. The molecular formula is C17H21N3O5S. The van der Waals surface area contributed by atoms with Gasteiger partial charge in [-0.25, -0.2) is 13.1 Å². The largest absolute Gasteiger partial charge is 0.493 e. The molecule has 2 aromatic rings. The van der Waals surface area contributed by atoms with E-state index in [9.17, 15) is 13.2 Å². The minimum Gasteiger partial charge on any atom is -0.493 e. The highest BCUT2D eigenvalue weighted by molar-refractivity contribution is 7.89. The van der Waals surface area contributed by atoms with E-state index in [0.29, 0.717) is 23.8 Å². The lowest BCUT2D eigenvalue weighted by Gasteiger charge is -2.12. The van der Waals surface area contributed by atoms with Crippen molar-refractivity contribution in [3.63, 3.8) is 0 Å². The first kappa shape index (κ1) is 19.7. The molecule has 0 fully saturated rings. The number of amides is 1. The highest BCUT2D eigenvalue weighted by Crippen LogP contribution is 2.30. The highest BCUT2D eigenvalue weighted by atomic mass is 32.2. The van der Waals surface area contributed by atoms with Gasteiger partial charge < -0.3 is 14.8 Å². The number of methoxy groups -OCH3 is 1. The minimum atomic E-state index is -3.68. The summed E-state index contributed by atoms with van der Waals surface area (Å²) >= 11 is 0. The second-order valence-electron chi connectivity index (χ2n) is 5.18. The lowest BCUT2D eigenvalue weighted by atomic mass is 10.2. The number of nitrogens with one attached hydrogen (secondary N) is 2. The van der Waals surface area contributed by atoms with Crippen LogP contribution in [0.2, 0.25) is 0 Å². The summed E-state index contributed by atoms with van der Waals surface area (Å²) in [5.41, 5.74) is 0.533. The molecular weight excluding hydrogens is 358 g/mol. The monoisotopic (exact) mass is 379 g/mol. The van der Waals surface area contributed by atoms with Crippen LogP contribution in [0.5, 0.6) is 11.5 Å². The van der Waals surface area contributed by atoms with Crippen molar-refractivity contribution < 1.29 is 22.7 Å². The predicted octanol–water partition coefficient (Wildman–Crippen LogP) is 1.80. The third-order valence-corrected chi connectivity index (χ3v) is 4.78. The Morgan fingerprint density at radius 2 is 2.04 bits per heavy atom. The molecule has 1 amide bonds. The molecule has 0 aliphatic heterocycles. The highest BCUT2D eigenvalue weighted by Gasteiger charge is 2.14. The molecule has 0 aliphatic carbocycles. The van der Waals surface area contributed by atoms with Gasteiger partial charge in [0.25, 0.3) is 0 Å². The van der Waals surface area contributed by atoms with E-state index >= 15 is 0 Å². The van der Waals surface area contributed by atoms with Crippen LogP contribution in [0.1, 0.15) is 13.3 Å². The molecule has 0 aliphatic rings. The van der Waals surface area contributed by atoms with Crippen LogP contribution >= 0.6 is 0 Å². The normalized spacial score (nSPS) is 11.0. The number of benzene rings is 1. The van der Waals surface area contributed by atoms with Crippen molar-refractivity contribution in [1.29, 1.82) is 0 Å². The number of pyridine rings is 1. The maximum absolute atomic E-state index is 12.0. The molecule has 1 heterocycles. The molecule has 2 rings (SSSR count). The summed E-state index contributed by atoms with van der Waals surface area (Å²) in [6.45, 7) is 2.33. The van der Waals surface area contributed by atoms with Crippen LogP contribution in [-0.2, 0) is 14.8 Å². The average Bonchev–Trinajstić information content (AvgIpc) is 2.63. The Morgan fingerprint density at radius 3 is 2.69 bits per heavy atom. The first-order valence-corrected chi connectivity index (χ1v) is 9.45. The molecule has 1 aromatic carbocycles. The lowest BCUT2D eigenvalue weighted by Crippen LogP contribution is -2.27. The Labute approximate surface area is 152 Å². The number of sulfonamides is 1. The number of ether oxygens (including phenoxy) is 2. The van der Waals surface area contributed by atoms with Gasteiger partial charge in [-0.3, -0.25) is 9.78 Å². The smallest absolute Gasteiger partial charge is 0.242 e. The van der Waals surface area contributed by atoms with Gasteiger partial charge in [-0.1, -0.05) is 0 Å². The molecule has 0 radical (unpaired) electrons. The van der Waals surface area contributed by atoms with Gasteiger partial charge in [0.2, 0.25) is 15.9 Å². The summed E-state index contributed by atoms with van der Waals surface area (Å²) in [5, 5.41) is 2.69. The Balaban J connectivity index is 1.89. The van der Waals surface area contributed by atoms with Crippen molar-refractivity contribution in [2.45, 2.75) is 18.2 Å². The van der Waals surface area contributed by atoms with Crippen LogP contribution in [0, 0.1) is 0 Å². The van der Waals surface area contributed by atoms with Gasteiger partial charge in [0, 0.05) is 37.1 Å². The van der Waals surface area contributed by atoms with Crippen LogP contribution in [0.25, 0.3) is 0 Å². The number of rotatable bonds is 9. The summed E-state index contributed by atoms with van der Waals surface area (Å²) in [5.74, 6) is 0.754. The molecule has 0 unspecified atom stereocenters. The predicted molar refractivity (Wildman–Crippen MR) is 96.8 cm³/mol. The summed E-state index contributed by atoms with van der Waals surface area (Å²) in [6, 6.07) is 7.99. The van der Waals surface area contributed by atoms with E-state index in [0.717, 1.165) is 0 Å². The zero-order valence-corrected chi connectivity index (χ0v) is 15.4. The van der Waals surface area contributed by atoms with E-state index in [1.807, 2.05) is 6.92 Å². The van der Waals surface area contributed by atoms with Gasteiger partial charge in [0.15, 0.2) is 11.5 Å². The van der Waals surface area contributed by atoms with Gasteiger partial charge in [-0.15, -0.1) is 0 Å². The molecule has 26 heavy (non-hydrogen) atoms. The summed E-state index contributed by atoms with van der Waals surface area (Å²) in [6.07, 6.45) is 2.71. The molecule has 0 spiro atoms. The van der Waals surface area contributed by atoms with Crippen molar-refractivity contribution in [3.8, 4) is 11.5 Å². The van der Waals surface area contributed by atoms with E-state index in [4.69, 9.17) is 9.47 Å². The minimum absolute atomic E-state index is 0.0188. The van der Waals surface area contributed by atoms with Gasteiger partial charge in [0.05, 0.1) is 13.7 Å². The fourth-order valence-electron chi connectivity index (χ4n) is 2.13. The number of hydrogen-bond donors (Lipinski definition) is 2. The van der Waals surface area contributed by atoms with Crippen LogP contribution in [-0.4, -0.2) is 39.6 Å². The third-order valence-electron chi connectivity index (χ3n) is 3.34. The Morgan fingerprint density at radius 1 is 1.23 bits per heavy atom. The summed E-state index contributed by atoms with van der Waals surface area (Å²) < 4.78 is 37.1. The molecule has 0 saturated heterocycles. The third kappa shape index (κ3) is 5.43. The second kappa shape index (κ2) is 9.16. The van der Waals surface area contributed by atoms with E-state index in [1.165, 1.54) is 31.6 Å². The van der Waals surface area contributed by atoms with Gasteiger partial charge in [0.1, 0.15) is 4.90 Å². The lowest BCUT2D eigenvalue weighted by molar-refractivity contribution is -0.116. The number of anilines is 1. The quantitative estimate of drug-likeness (QED) is 0.688. The molecule has 0 atom stereocenters. The molecule has 2 N–H and O–H groups in total. The molecule has 9 heteroatoms. The van der Waals surface area contributed by atoms with Crippen molar-refractivity contribution >= 4 is 21.6 Å². The van der Waals surface area contributed by atoms with Crippen molar-refractivity contribution in [3.05, 3.63) is 42.7 Å². The van der Waals surface area contributed by atoms with E-state index in [-0.39, 0.29) is 23.8 Å². The molecule has 140 valence electrons. The zero-order valence-electron chi connectivity index (χ0n) is 14.6. The molecule has 8 nitrogen and oxygen atoms in total. The Hall–Kier alpha value is -2.65. The number of nitrogens with zero attached hydrogens (tertiary/aromatic N) is 1. The van der Waals surface area contributed by atoms with Crippen LogP contribution in [0.4, 0.5) is 5.69 Å².